The molecule has 0 saturated heterocycles. The van der Waals surface area contributed by atoms with E-state index in [2.05, 4.69) is 4.98 Å². The lowest BCUT2D eigenvalue weighted by Gasteiger charge is -2.37. The lowest BCUT2D eigenvalue weighted by molar-refractivity contribution is 0.0160. The monoisotopic (exact) mass is 212 g/mol. The molecule has 1 aromatic heterocycles. The Morgan fingerprint density at radius 2 is 2.00 bits per heavy atom. The highest BCUT2D eigenvalue weighted by Crippen LogP contribution is 2.28. The highest BCUT2D eigenvalue weighted by atomic mass is 19.1. The molecule has 0 fully saturated rings. The number of likely N-dealkylation sites (N-methyl/N-ethyl adjacent to an activating group) is 1. The van der Waals surface area contributed by atoms with Crippen molar-refractivity contribution in [3.05, 3.63) is 29.8 Å². The molecule has 1 heterocycles. The zero-order valence-corrected chi connectivity index (χ0v) is 9.53. The van der Waals surface area contributed by atoms with Gasteiger partial charge in [0.05, 0.1) is 12.3 Å². The topological polar surface area (TPSA) is 36.4 Å². The lowest BCUT2D eigenvalue weighted by Crippen LogP contribution is -2.43. The highest BCUT2D eigenvalue weighted by Gasteiger charge is 2.31. The number of pyridine rings is 1. The Bertz CT molecular complexity index is 339. The summed E-state index contributed by atoms with van der Waals surface area (Å²) in [7, 11) is 3.74. The van der Waals surface area contributed by atoms with Crippen molar-refractivity contribution in [3.63, 3.8) is 0 Å². The maximum absolute atomic E-state index is 12.9. The molecule has 0 aliphatic rings. The van der Waals surface area contributed by atoms with Gasteiger partial charge in [-0.3, -0.25) is 4.98 Å². The van der Waals surface area contributed by atoms with Crippen molar-refractivity contribution in [2.24, 2.45) is 0 Å². The molecule has 0 radical (unpaired) electrons. The minimum atomic E-state index is -0.768. The Morgan fingerprint density at radius 1 is 1.40 bits per heavy atom. The number of rotatable bonds is 3. The van der Waals surface area contributed by atoms with Gasteiger partial charge in [0, 0.05) is 17.3 Å². The van der Waals surface area contributed by atoms with E-state index < -0.39 is 17.5 Å². The fourth-order valence-electron chi connectivity index (χ4n) is 1.23. The van der Waals surface area contributed by atoms with E-state index in [0.717, 1.165) is 6.20 Å². The largest absolute Gasteiger partial charge is 0.386 e. The number of hydrogen-bond acceptors (Lipinski definition) is 3. The van der Waals surface area contributed by atoms with Gasteiger partial charge in [-0.1, -0.05) is 0 Å². The number of aliphatic hydroxyl groups is 1. The third-order valence-corrected chi connectivity index (χ3v) is 2.86. The van der Waals surface area contributed by atoms with Crippen LogP contribution in [0.25, 0.3) is 0 Å². The van der Waals surface area contributed by atoms with Gasteiger partial charge in [0.2, 0.25) is 0 Å². The summed E-state index contributed by atoms with van der Waals surface area (Å²) < 4.78 is 12.9. The number of hydrogen-bond donors (Lipinski definition) is 1. The van der Waals surface area contributed by atoms with E-state index in [1.807, 2.05) is 32.8 Å². The lowest BCUT2D eigenvalue weighted by atomic mass is 9.91. The van der Waals surface area contributed by atoms with E-state index >= 15 is 0 Å². The van der Waals surface area contributed by atoms with E-state index in [1.54, 1.807) is 0 Å². The van der Waals surface area contributed by atoms with Gasteiger partial charge in [-0.15, -0.1) is 0 Å². The van der Waals surface area contributed by atoms with Gasteiger partial charge in [0.15, 0.2) is 0 Å². The number of aliphatic hydroxyl groups excluding tert-OH is 1. The summed E-state index contributed by atoms with van der Waals surface area (Å²) in [5.41, 5.74) is 0.0313. The van der Waals surface area contributed by atoms with Crippen LogP contribution in [0.5, 0.6) is 0 Å². The first-order chi connectivity index (χ1) is 6.85. The summed E-state index contributed by atoms with van der Waals surface area (Å²) in [6.07, 6.45) is 1.84. The molecule has 1 atom stereocenters. The molecule has 4 heteroatoms. The van der Waals surface area contributed by atoms with Crippen LogP contribution in [0.3, 0.4) is 0 Å². The van der Waals surface area contributed by atoms with Crippen molar-refractivity contribution in [2.45, 2.75) is 25.5 Å². The zero-order valence-electron chi connectivity index (χ0n) is 9.53. The molecule has 84 valence electrons. The minimum Gasteiger partial charge on any atom is -0.386 e. The third-order valence-electron chi connectivity index (χ3n) is 2.86. The Balaban J connectivity index is 2.99. The molecule has 1 aromatic rings. The van der Waals surface area contributed by atoms with Crippen LogP contribution in [0.4, 0.5) is 4.39 Å². The van der Waals surface area contributed by atoms with Gasteiger partial charge >= 0.3 is 0 Å². The summed E-state index contributed by atoms with van der Waals surface area (Å²) in [5, 5.41) is 10.1. The molecule has 3 nitrogen and oxygen atoms in total. The Morgan fingerprint density at radius 3 is 2.47 bits per heavy atom. The molecule has 0 amide bonds. The third kappa shape index (κ3) is 2.52. The molecule has 0 aliphatic carbocycles. The Labute approximate surface area is 89.6 Å². The van der Waals surface area contributed by atoms with E-state index in [-0.39, 0.29) is 0 Å². The SMILES string of the molecule is CN(C)C(C)(C)C(O)c1cncc(F)c1. The molecule has 1 rings (SSSR count). The first-order valence-electron chi connectivity index (χ1n) is 4.81. The predicted molar refractivity (Wildman–Crippen MR) is 56.9 cm³/mol. The second-order valence-corrected chi connectivity index (χ2v) is 4.39. The van der Waals surface area contributed by atoms with Crippen LogP contribution < -0.4 is 0 Å². The van der Waals surface area contributed by atoms with Crippen molar-refractivity contribution in [3.8, 4) is 0 Å². The molecule has 0 bridgehead atoms. The Hall–Kier alpha value is -1.00. The van der Waals surface area contributed by atoms with Gasteiger partial charge in [-0.25, -0.2) is 4.39 Å². The molecule has 1 N–H and O–H groups in total. The van der Waals surface area contributed by atoms with Crippen molar-refractivity contribution < 1.29 is 9.50 Å². The van der Waals surface area contributed by atoms with Gasteiger partial charge in [0.25, 0.3) is 0 Å². The highest BCUT2D eigenvalue weighted by molar-refractivity contribution is 5.17. The first kappa shape index (κ1) is 12.1. The van der Waals surface area contributed by atoms with Gasteiger partial charge in [-0.05, 0) is 34.0 Å². The summed E-state index contributed by atoms with van der Waals surface area (Å²) in [5.74, 6) is -0.430. The van der Waals surface area contributed by atoms with Crippen LogP contribution in [0.2, 0.25) is 0 Å². The molecule has 0 aliphatic heterocycles. The molecule has 0 aromatic carbocycles. The number of nitrogens with zero attached hydrogens (tertiary/aromatic N) is 2. The first-order valence-corrected chi connectivity index (χ1v) is 4.81. The van der Waals surface area contributed by atoms with Crippen molar-refractivity contribution in [1.82, 2.24) is 9.88 Å². The maximum Gasteiger partial charge on any atom is 0.141 e. The van der Waals surface area contributed by atoms with E-state index in [1.165, 1.54) is 12.3 Å². The molecule has 15 heavy (non-hydrogen) atoms. The fourth-order valence-corrected chi connectivity index (χ4v) is 1.23. The second-order valence-electron chi connectivity index (χ2n) is 4.39. The van der Waals surface area contributed by atoms with E-state index in [9.17, 15) is 9.50 Å². The molecular formula is C11H17FN2O. The number of halogens is 1. The maximum atomic E-state index is 12.9. The van der Waals surface area contributed by atoms with Crippen LogP contribution in [-0.4, -0.2) is 34.6 Å². The van der Waals surface area contributed by atoms with Crippen LogP contribution >= 0.6 is 0 Å². The van der Waals surface area contributed by atoms with E-state index in [4.69, 9.17) is 0 Å². The van der Waals surface area contributed by atoms with Gasteiger partial charge < -0.3 is 10.0 Å². The normalized spacial score (nSPS) is 14.3. The standard InChI is InChI=1S/C11H17FN2O/c1-11(2,14(3)4)10(15)8-5-9(12)7-13-6-8/h5-7,10,15H,1-4H3. The van der Waals surface area contributed by atoms with Gasteiger partial charge in [-0.2, -0.15) is 0 Å². The fraction of sp³-hybridized carbons (Fsp3) is 0.545. The van der Waals surface area contributed by atoms with Crippen LogP contribution in [0, 0.1) is 5.82 Å². The predicted octanol–water partition coefficient (Wildman–Crippen LogP) is 1.59. The quantitative estimate of drug-likeness (QED) is 0.826. The summed E-state index contributed by atoms with van der Waals surface area (Å²) in [4.78, 5) is 5.62. The molecule has 1 unspecified atom stereocenters. The summed E-state index contributed by atoms with van der Waals surface area (Å²) in [6, 6.07) is 1.31. The van der Waals surface area contributed by atoms with Crippen molar-refractivity contribution >= 4 is 0 Å². The van der Waals surface area contributed by atoms with Crippen LogP contribution in [0.1, 0.15) is 25.5 Å². The molecule has 0 saturated carbocycles. The van der Waals surface area contributed by atoms with Gasteiger partial charge in [0.1, 0.15) is 5.82 Å². The van der Waals surface area contributed by atoms with Crippen molar-refractivity contribution in [2.75, 3.05) is 14.1 Å². The smallest absolute Gasteiger partial charge is 0.141 e. The molecular weight excluding hydrogens is 195 g/mol. The average Bonchev–Trinajstić information content (AvgIpc) is 2.16. The van der Waals surface area contributed by atoms with Crippen LogP contribution in [0.15, 0.2) is 18.5 Å². The summed E-state index contributed by atoms with van der Waals surface area (Å²) in [6.45, 7) is 3.78. The average molecular weight is 212 g/mol. The Kier molecular flexibility index (Phi) is 3.42. The van der Waals surface area contributed by atoms with E-state index in [0.29, 0.717) is 5.56 Å². The van der Waals surface area contributed by atoms with Crippen LogP contribution in [-0.2, 0) is 0 Å². The number of aromatic nitrogens is 1. The molecule has 0 spiro atoms. The van der Waals surface area contributed by atoms with Crippen molar-refractivity contribution in [1.29, 1.82) is 0 Å². The summed E-state index contributed by atoms with van der Waals surface area (Å²) >= 11 is 0. The second kappa shape index (κ2) is 4.24. The zero-order chi connectivity index (χ0) is 11.6. The minimum absolute atomic E-state index is 0.430.